The summed E-state index contributed by atoms with van der Waals surface area (Å²) in [6, 6.07) is 15.7. The zero-order valence-electron chi connectivity index (χ0n) is 23.2. The van der Waals surface area contributed by atoms with Crippen LogP contribution in [0.4, 0.5) is 0 Å². The van der Waals surface area contributed by atoms with Gasteiger partial charge in [0.1, 0.15) is 11.5 Å². The Balaban J connectivity index is 1.31. The zero-order valence-corrected chi connectivity index (χ0v) is 23.2. The molecule has 0 unspecified atom stereocenters. The average molecular weight is 527 g/mol. The van der Waals surface area contributed by atoms with Crippen LogP contribution in [0.25, 0.3) is 0 Å². The Morgan fingerprint density at radius 3 is 1.29 bits per heavy atom. The van der Waals surface area contributed by atoms with Gasteiger partial charge in [0, 0.05) is 25.9 Å². The highest BCUT2D eigenvalue weighted by Gasteiger charge is 2.03. The van der Waals surface area contributed by atoms with Gasteiger partial charge in [0.25, 0.3) is 0 Å². The third-order valence-corrected chi connectivity index (χ3v) is 6.26. The third kappa shape index (κ3) is 14.6. The fraction of sp³-hybridized carbons (Fsp3) is 0.533. The number of carbonyl (C=O) groups excluding carboxylic acids is 2. The van der Waals surface area contributed by atoms with Crippen molar-refractivity contribution in [2.45, 2.75) is 51.4 Å². The van der Waals surface area contributed by atoms with Crippen LogP contribution in [-0.2, 0) is 22.4 Å². The highest BCUT2D eigenvalue weighted by atomic mass is 16.5. The first-order chi connectivity index (χ1) is 18.6. The molecular formula is C30H46N4O4. The molecule has 0 bridgehead atoms. The fourth-order valence-corrected chi connectivity index (χ4v) is 3.91. The maximum Gasteiger partial charge on any atom is 0.220 e. The number of unbranched alkanes of at least 4 members (excludes halogenated alkanes) is 1. The normalized spacial score (nSPS) is 10.7. The number of nitrogens with one attached hydrogen (secondary N) is 4. The van der Waals surface area contributed by atoms with Crippen molar-refractivity contribution >= 4 is 11.8 Å². The minimum absolute atomic E-state index is 0.0972. The van der Waals surface area contributed by atoms with E-state index >= 15 is 0 Å². The van der Waals surface area contributed by atoms with Crippen LogP contribution in [0.1, 0.15) is 49.7 Å². The molecule has 4 N–H and O–H groups in total. The number of methoxy groups -OCH3 is 2. The van der Waals surface area contributed by atoms with Gasteiger partial charge in [-0.25, -0.2) is 0 Å². The molecule has 0 heterocycles. The van der Waals surface area contributed by atoms with E-state index in [0.29, 0.717) is 25.9 Å². The molecule has 210 valence electrons. The zero-order chi connectivity index (χ0) is 27.3. The maximum atomic E-state index is 12.0. The Morgan fingerprint density at radius 2 is 0.921 bits per heavy atom. The molecule has 0 saturated heterocycles. The van der Waals surface area contributed by atoms with E-state index in [9.17, 15) is 9.59 Å². The van der Waals surface area contributed by atoms with E-state index < -0.39 is 0 Å². The molecule has 0 aromatic heterocycles. The van der Waals surface area contributed by atoms with Crippen LogP contribution >= 0.6 is 0 Å². The number of hydrogen-bond acceptors (Lipinski definition) is 6. The van der Waals surface area contributed by atoms with Crippen molar-refractivity contribution in [2.75, 3.05) is 53.5 Å². The largest absolute Gasteiger partial charge is 0.497 e. The monoisotopic (exact) mass is 526 g/mol. The molecule has 2 aromatic carbocycles. The molecule has 8 nitrogen and oxygen atoms in total. The van der Waals surface area contributed by atoms with Crippen molar-refractivity contribution in [1.29, 1.82) is 0 Å². The summed E-state index contributed by atoms with van der Waals surface area (Å²) in [5.74, 6) is 1.86. The number of amides is 2. The van der Waals surface area contributed by atoms with Crippen LogP contribution in [-0.4, -0.2) is 65.3 Å². The highest BCUT2D eigenvalue weighted by Crippen LogP contribution is 2.13. The summed E-state index contributed by atoms with van der Waals surface area (Å²) in [6.45, 7) is 5.19. The average Bonchev–Trinajstić information content (AvgIpc) is 2.95. The number of benzene rings is 2. The van der Waals surface area contributed by atoms with E-state index in [1.807, 2.05) is 48.5 Å². The number of hydrogen-bond donors (Lipinski definition) is 4. The van der Waals surface area contributed by atoms with Gasteiger partial charge >= 0.3 is 0 Å². The van der Waals surface area contributed by atoms with Crippen LogP contribution in [0.5, 0.6) is 11.5 Å². The predicted octanol–water partition coefficient (Wildman–Crippen LogP) is 3.24. The molecule has 0 saturated carbocycles. The summed E-state index contributed by atoms with van der Waals surface area (Å²) >= 11 is 0. The first kappa shape index (κ1) is 31.1. The lowest BCUT2D eigenvalue weighted by Gasteiger charge is -2.08. The van der Waals surface area contributed by atoms with Crippen LogP contribution in [0.3, 0.4) is 0 Å². The van der Waals surface area contributed by atoms with Crippen molar-refractivity contribution in [3.8, 4) is 11.5 Å². The van der Waals surface area contributed by atoms with Crippen LogP contribution in [0.15, 0.2) is 48.5 Å². The quantitative estimate of drug-likeness (QED) is 0.186. The molecule has 2 amide bonds. The minimum Gasteiger partial charge on any atom is -0.497 e. The Kier molecular flexibility index (Phi) is 16.3. The van der Waals surface area contributed by atoms with E-state index in [1.165, 1.54) is 0 Å². The second-order valence-corrected chi connectivity index (χ2v) is 9.31. The fourth-order valence-electron chi connectivity index (χ4n) is 3.91. The second kappa shape index (κ2) is 19.9. The van der Waals surface area contributed by atoms with Gasteiger partial charge in [-0.05, 0) is 100 Å². The third-order valence-electron chi connectivity index (χ3n) is 6.26. The minimum atomic E-state index is 0.0972. The molecule has 0 atom stereocenters. The van der Waals surface area contributed by atoms with Crippen LogP contribution in [0, 0.1) is 0 Å². The topological polar surface area (TPSA) is 101 Å². The lowest BCUT2D eigenvalue weighted by atomic mass is 10.1. The van der Waals surface area contributed by atoms with Gasteiger partial charge in [-0.15, -0.1) is 0 Å². The van der Waals surface area contributed by atoms with Gasteiger partial charge in [-0.3, -0.25) is 9.59 Å². The predicted molar refractivity (Wildman–Crippen MR) is 153 cm³/mol. The Morgan fingerprint density at radius 1 is 0.553 bits per heavy atom. The van der Waals surface area contributed by atoms with Gasteiger partial charge in [-0.2, -0.15) is 0 Å². The van der Waals surface area contributed by atoms with Crippen molar-refractivity contribution < 1.29 is 19.1 Å². The molecule has 0 fully saturated rings. The molecule has 0 aliphatic carbocycles. The van der Waals surface area contributed by atoms with Crippen molar-refractivity contribution in [3.63, 3.8) is 0 Å². The summed E-state index contributed by atoms with van der Waals surface area (Å²) < 4.78 is 10.3. The van der Waals surface area contributed by atoms with Crippen molar-refractivity contribution in [2.24, 2.45) is 0 Å². The molecule has 38 heavy (non-hydrogen) atoms. The molecule has 2 rings (SSSR count). The van der Waals surface area contributed by atoms with Crippen LogP contribution in [0.2, 0.25) is 0 Å². The highest BCUT2D eigenvalue weighted by molar-refractivity contribution is 5.76. The standard InChI is InChI=1S/C30H46N4O4/c1-37-27-13-7-25(8-14-27)11-17-29(35)33-23-5-21-31-19-3-4-20-32-22-6-24-34-30(36)18-12-26-9-15-28(38-2)16-10-26/h7-10,13-16,31-32H,3-6,11-12,17-24H2,1-2H3,(H,33,35)(H,34,36). The molecule has 8 heteroatoms. The first-order valence-electron chi connectivity index (χ1n) is 13.8. The summed E-state index contributed by atoms with van der Waals surface area (Å²) in [5, 5.41) is 12.9. The molecule has 0 aliphatic rings. The van der Waals surface area contributed by atoms with Crippen molar-refractivity contribution in [3.05, 3.63) is 59.7 Å². The first-order valence-corrected chi connectivity index (χ1v) is 13.8. The smallest absolute Gasteiger partial charge is 0.220 e. The van der Waals surface area contributed by atoms with Gasteiger partial charge < -0.3 is 30.7 Å². The summed E-state index contributed by atoms with van der Waals surface area (Å²) in [5.41, 5.74) is 2.28. The van der Waals surface area contributed by atoms with E-state index in [2.05, 4.69) is 21.3 Å². The SMILES string of the molecule is COc1ccc(CCC(=O)NCCCNCCCCNCCCNC(=O)CCc2ccc(OC)cc2)cc1. The number of ether oxygens (including phenoxy) is 2. The molecule has 2 aromatic rings. The summed E-state index contributed by atoms with van der Waals surface area (Å²) in [7, 11) is 3.30. The Bertz CT molecular complexity index is 828. The van der Waals surface area contributed by atoms with Crippen LogP contribution < -0.4 is 30.7 Å². The van der Waals surface area contributed by atoms with E-state index in [4.69, 9.17) is 9.47 Å². The van der Waals surface area contributed by atoms with E-state index in [1.54, 1.807) is 14.2 Å². The van der Waals surface area contributed by atoms with Gasteiger partial charge in [0.05, 0.1) is 14.2 Å². The van der Waals surface area contributed by atoms with Gasteiger partial charge in [-0.1, -0.05) is 24.3 Å². The van der Waals surface area contributed by atoms with E-state index in [-0.39, 0.29) is 11.8 Å². The molecular weight excluding hydrogens is 480 g/mol. The van der Waals surface area contributed by atoms with Gasteiger partial charge in [0.2, 0.25) is 11.8 Å². The molecule has 0 aliphatic heterocycles. The van der Waals surface area contributed by atoms with E-state index in [0.717, 1.165) is 87.3 Å². The molecule has 0 radical (unpaired) electrons. The molecule has 0 spiro atoms. The Hall–Kier alpha value is -3.10. The summed E-state index contributed by atoms with van der Waals surface area (Å²) in [4.78, 5) is 24.0. The number of carbonyl (C=O) groups is 2. The lowest BCUT2D eigenvalue weighted by molar-refractivity contribution is -0.121. The number of rotatable bonds is 21. The second-order valence-electron chi connectivity index (χ2n) is 9.31. The van der Waals surface area contributed by atoms with Crippen molar-refractivity contribution in [1.82, 2.24) is 21.3 Å². The van der Waals surface area contributed by atoms with Gasteiger partial charge in [0.15, 0.2) is 0 Å². The summed E-state index contributed by atoms with van der Waals surface area (Å²) in [6.07, 6.45) is 6.57. The maximum absolute atomic E-state index is 12.0. The number of aryl methyl sites for hydroxylation is 2. The Labute approximate surface area is 228 Å². The lowest BCUT2D eigenvalue weighted by Crippen LogP contribution is -2.28.